The summed E-state index contributed by atoms with van der Waals surface area (Å²) in [4.78, 5) is 10.3. The summed E-state index contributed by atoms with van der Waals surface area (Å²) in [7, 11) is 0. The maximum atomic E-state index is 13.4. The van der Waals surface area contributed by atoms with Gasteiger partial charge in [0.15, 0.2) is 0 Å². The number of nitrogens with one attached hydrogen (secondary N) is 1. The van der Waals surface area contributed by atoms with Crippen molar-refractivity contribution < 1.29 is 13.7 Å². The van der Waals surface area contributed by atoms with Gasteiger partial charge in [0.2, 0.25) is 0 Å². The van der Waals surface area contributed by atoms with Crippen LogP contribution in [-0.4, -0.2) is 27.1 Å². The molecule has 1 saturated heterocycles. The third-order valence-electron chi connectivity index (χ3n) is 4.98. The Morgan fingerprint density at radius 1 is 1.38 bits per heavy atom. The first-order chi connectivity index (χ1) is 12.4. The van der Waals surface area contributed by atoms with Crippen molar-refractivity contribution in [3.8, 4) is 0 Å². The summed E-state index contributed by atoms with van der Waals surface area (Å²) in [5.41, 5.74) is 0.379. The monoisotopic (exact) mass is 422 g/mol. The first kappa shape index (κ1) is 17.2. The predicted octanol–water partition coefficient (Wildman–Crippen LogP) is 3.67. The highest BCUT2D eigenvalue weighted by atomic mass is 79.9. The van der Waals surface area contributed by atoms with Crippen LogP contribution in [0.4, 0.5) is 10.3 Å². The molecule has 9 heteroatoms. The second kappa shape index (κ2) is 6.17. The topological polar surface area (TPSA) is 83.9 Å². The van der Waals surface area contributed by atoms with Crippen LogP contribution in [0.15, 0.2) is 45.9 Å². The molecule has 0 aliphatic carbocycles. The van der Waals surface area contributed by atoms with Crippen LogP contribution in [0.1, 0.15) is 30.7 Å². The maximum absolute atomic E-state index is 13.4. The third kappa shape index (κ3) is 2.71. The van der Waals surface area contributed by atoms with Crippen LogP contribution in [0, 0.1) is 15.9 Å². The summed E-state index contributed by atoms with van der Waals surface area (Å²) >= 11 is 3.59. The molecule has 3 heterocycles. The highest BCUT2D eigenvalue weighted by Gasteiger charge is 2.49. The van der Waals surface area contributed by atoms with E-state index in [4.69, 9.17) is 4.42 Å². The van der Waals surface area contributed by atoms with Crippen molar-refractivity contribution in [2.45, 2.75) is 35.9 Å². The largest absolute Gasteiger partial charge is 0.433 e. The zero-order chi connectivity index (χ0) is 18.5. The Hall–Kier alpha value is -2.26. The lowest BCUT2D eigenvalue weighted by Gasteiger charge is -2.49. The molecule has 4 atom stereocenters. The molecule has 26 heavy (non-hydrogen) atoms. The average molecular weight is 423 g/mol. The predicted molar refractivity (Wildman–Crippen MR) is 96.4 cm³/mol. The van der Waals surface area contributed by atoms with Gasteiger partial charge in [0, 0.05) is 6.21 Å². The first-order valence-corrected chi connectivity index (χ1v) is 9.04. The zero-order valence-corrected chi connectivity index (χ0v) is 15.4. The normalized spacial score (nSPS) is 30.4. The summed E-state index contributed by atoms with van der Waals surface area (Å²) in [6, 6.07) is 9.07. The molecule has 0 spiro atoms. The number of nitro groups is 1. The molecule has 136 valence electrons. The number of fused-ring (bicyclic) bond motifs is 1. The van der Waals surface area contributed by atoms with Crippen LogP contribution in [0.2, 0.25) is 0 Å². The smallest absolute Gasteiger partial charge is 0.404 e. The van der Waals surface area contributed by atoms with Gasteiger partial charge in [-0.1, -0.05) is 28.1 Å². The van der Waals surface area contributed by atoms with Crippen LogP contribution in [0.3, 0.4) is 0 Å². The van der Waals surface area contributed by atoms with Crippen molar-refractivity contribution in [2.75, 3.05) is 0 Å². The summed E-state index contributed by atoms with van der Waals surface area (Å²) in [5, 5.41) is 20.8. The fraction of sp³-hybridized carbons (Fsp3) is 0.353. The van der Waals surface area contributed by atoms with Gasteiger partial charge < -0.3 is 4.42 Å². The molecule has 7 nitrogen and oxygen atoms in total. The molecule has 0 bridgehead atoms. The highest BCUT2D eigenvalue weighted by Crippen LogP contribution is 2.45. The van der Waals surface area contributed by atoms with Crippen molar-refractivity contribution in [3.63, 3.8) is 0 Å². The van der Waals surface area contributed by atoms with Crippen molar-refractivity contribution in [1.29, 1.82) is 0 Å². The van der Waals surface area contributed by atoms with Gasteiger partial charge in [-0.15, -0.1) is 0 Å². The van der Waals surface area contributed by atoms with Crippen molar-refractivity contribution >= 4 is 28.0 Å². The number of benzene rings is 1. The van der Waals surface area contributed by atoms with Crippen LogP contribution in [0.25, 0.3) is 0 Å². The van der Waals surface area contributed by atoms with Gasteiger partial charge in [-0.05, 0) is 37.1 Å². The maximum Gasteiger partial charge on any atom is 0.433 e. The Balaban J connectivity index is 1.73. The minimum Gasteiger partial charge on any atom is -0.404 e. The fourth-order valence-electron chi connectivity index (χ4n) is 3.65. The molecular formula is C17H16BrFN4O3. The lowest BCUT2D eigenvalue weighted by molar-refractivity contribution is -0.402. The van der Waals surface area contributed by atoms with E-state index < -0.39 is 10.5 Å². The Morgan fingerprint density at radius 2 is 2.12 bits per heavy atom. The average Bonchev–Trinajstić information content (AvgIpc) is 3.23. The summed E-state index contributed by atoms with van der Waals surface area (Å²) < 4.78 is 18.8. The van der Waals surface area contributed by atoms with Gasteiger partial charge in [0.25, 0.3) is 0 Å². The molecule has 1 aromatic heterocycles. The molecule has 0 amide bonds. The summed E-state index contributed by atoms with van der Waals surface area (Å²) in [5.74, 6) is -0.0913. The highest BCUT2D eigenvalue weighted by molar-refractivity contribution is 9.10. The molecule has 0 saturated carbocycles. The number of halogens is 2. The Bertz CT molecular complexity index is 871. The van der Waals surface area contributed by atoms with Gasteiger partial charge >= 0.3 is 5.88 Å². The fourth-order valence-corrected chi connectivity index (χ4v) is 4.13. The van der Waals surface area contributed by atoms with Crippen molar-refractivity contribution in [3.05, 3.63) is 63.7 Å². The Morgan fingerprint density at radius 3 is 2.77 bits per heavy atom. The number of hydrazone groups is 1. The van der Waals surface area contributed by atoms with Gasteiger partial charge in [-0.2, -0.15) is 5.10 Å². The van der Waals surface area contributed by atoms with E-state index in [9.17, 15) is 14.5 Å². The van der Waals surface area contributed by atoms with Crippen LogP contribution in [-0.2, 0) is 5.54 Å². The van der Waals surface area contributed by atoms with Gasteiger partial charge in [0.05, 0.1) is 22.5 Å². The van der Waals surface area contributed by atoms with E-state index in [1.165, 1.54) is 18.2 Å². The van der Waals surface area contributed by atoms with Crippen LogP contribution >= 0.6 is 15.9 Å². The van der Waals surface area contributed by atoms with E-state index >= 15 is 0 Å². The molecule has 1 N–H and O–H groups in total. The molecule has 2 aliphatic rings. The van der Waals surface area contributed by atoms with Gasteiger partial charge in [0.1, 0.15) is 22.7 Å². The van der Waals surface area contributed by atoms with E-state index in [-0.39, 0.29) is 28.7 Å². The number of hydrogen-bond acceptors (Lipinski definition) is 6. The molecule has 2 aromatic rings. The molecule has 1 fully saturated rings. The second-order valence-corrected chi connectivity index (χ2v) is 7.69. The van der Waals surface area contributed by atoms with E-state index in [2.05, 4.69) is 26.3 Å². The molecule has 0 radical (unpaired) electrons. The lowest BCUT2D eigenvalue weighted by atomic mass is 9.81. The zero-order valence-electron chi connectivity index (χ0n) is 13.8. The minimum absolute atomic E-state index is 0.0324. The van der Waals surface area contributed by atoms with E-state index in [1.54, 1.807) is 24.4 Å². The molecular weight excluding hydrogens is 407 g/mol. The van der Waals surface area contributed by atoms with E-state index in [1.807, 2.05) is 11.9 Å². The Labute approximate surface area is 157 Å². The Kier molecular flexibility index (Phi) is 4.07. The molecule has 4 rings (SSSR count). The quantitative estimate of drug-likeness (QED) is 0.463. The number of alkyl halides is 1. The van der Waals surface area contributed by atoms with Gasteiger partial charge in [-0.25, -0.2) is 4.39 Å². The first-order valence-electron chi connectivity index (χ1n) is 8.12. The van der Waals surface area contributed by atoms with Crippen molar-refractivity contribution in [2.24, 2.45) is 5.10 Å². The lowest BCUT2D eigenvalue weighted by Crippen LogP contribution is -2.60. The standard InChI is InChI=1S/C17H16BrFN4O3/c1-17(10-2-4-11(19)5-3-10)8-13(14-6-7-15(26-14)23(24)25)21-16-12(18)9-20-22(16)17/h2-7,9,12-13,16,21H,8H2,1H3. The summed E-state index contributed by atoms with van der Waals surface area (Å²) in [6.45, 7) is 2.03. The SMILES string of the molecule is CC1(c2ccc(F)cc2)CC(c2ccc([N+](=O)[O-])o2)NC2C(Br)C=NN21. The van der Waals surface area contributed by atoms with E-state index in [0.717, 1.165) is 5.56 Å². The molecule has 1 aromatic carbocycles. The summed E-state index contributed by atoms with van der Waals surface area (Å²) in [6.07, 6.45) is 2.19. The number of rotatable bonds is 3. The minimum atomic E-state index is -0.552. The van der Waals surface area contributed by atoms with Crippen LogP contribution in [0.5, 0.6) is 0 Å². The second-order valence-electron chi connectivity index (χ2n) is 6.64. The third-order valence-corrected chi connectivity index (χ3v) is 5.72. The molecule has 4 unspecified atom stereocenters. The molecule has 2 aliphatic heterocycles. The number of nitrogens with zero attached hydrogens (tertiary/aromatic N) is 3. The van der Waals surface area contributed by atoms with Crippen LogP contribution < -0.4 is 5.32 Å². The van der Waals surface area contributed by atoms with E-state index in [0.29, 0.717) is 12.2 Å². The number of hydrogen-bond donors (Lipinski definition) is 1. The number of furan rings is 1. The van der Waals surface area contributed by atoms with Crippen molar-refractivity contribution in [1.82, 2.24) is 10.3 Å². The van der Waals surface area contributed by atoms with Gasteiger partial charge in [-0.3, -0.25) is 20.4 Å².